The summed E-state index contributed by atoms with van der Waals surface area (Å²) in [4.78, 5) is 28.1. The van der Waals surface area contributed by atoms with E-state index in [1.54, 1.807) is 16.7 Å². The zero-order chi connectivity index (χ0) is 21.1. The van der Waals surface area contributed by atoms with Crippen LogP contribution in [0.1, 0.15) is 41.9 Å². The van der Waals surface area contributed by atoms with Crippen LogP contribution in [0.15, 0.2) is 18.2 Å². The molecule has 1 aliphatic rings. The first kappa shape index (κ1) is 21.8. The zero-order valence-electron chi connectivity index (χ0n) is 16.0. The molecule has 1 aromatic carbocycles. The molecule has 1 aliphatic heterocycles. The Bertz CT molecular complexity index is 982. The van der Waals surface area contributed by atoms with Gasteiger partial charge >= 0.3 is 5.97 Å². The number of benzene rings is 1. The lowest BCUT2D eigenvalue weighted by atomic mass is 10.0. The number of aromatic amines is 1. The molecule has 0 spiro atoms. The minimum atomic E-state index is -0.617. The molecule has 0 radical (unpaired) electrons. The van der Waals surface area contributed by atoms with Gasteiger partial charge in [0.2, 0.25) is 5.91 Å². The number of amides is 1. The van der Waals surface area contributed by atoms with E-state index in [1.165, 1.54) is 7.11 Å². The van der Waals surface area contributed by atoms with Crippen LogP contribution in [0.4, 0.5) is 5.82 Å². The number of aromatic nitrogens is 2. The Morgan fingerprint density at radius 3 is 2.76 bits per heavy atom. The van der Waals surface area contributed by atoms with Gasteiger partial charge in [0.05, 0.1) is 35.7 Å². The quantitative estimate of drug-likeness (QED) is 0.488. The van der Waals surface area contributed by atoms with Crippen LogP contribution in [-0.2, 0) is 14.3 Å². The van der Waals surface area contributed by atoms with Gasteiger partial charge in [-0.2, -0.15) is 0 Å². The topological polar surface area (TPSA) is 85.3 Å². The van der Waals surface area contributed by atoms with Crippen molar-refractivity contribution in [2.24, 2.45) is 5.92 Å². The smallest absolute Gasteiger partial charge is 0.358 e. The average molecular weight is 458 g/mol. The molecule has 2 heterocycles. The monoisotopic (exact) mass is 457 g/mol. The number of halogens is 2. The fourth-order valence-corrected chi connectivity index (χ4v) is 4.01. The summed E-state index contributed by atoms with van der Waals surface area (Å²) in [5.41, 5.74) is 0.965. The molecule has 1 fully saturated rings. The van der Waals surface area contributed by atoms with Crippen LogP contribution in [0.2, 0.25) is 10.0 Å². The summed E-state index contributed by atoms with van der Waals surface area (Å²) < 4.78 is 12.1. The predicted octanol–water partition coefficient (Wildman–Crippen LogP) is 4.61. The number of hydrogen-bond acceptors (Lipinski definition) is 5. The van der Waals surface area contributed by atoms with Crippen molar-refractivity contribution in [2.75, 3.05) is 25.6 Å². The van der Waals surface area contributed by atoms with E-state index in [1.807, 2.05) is 13.0 Å². The standard InChI is InChI=1S/C19H21Cl2N3O4S/c1-3-14(10-4-5-12(20)13(21)8-10)24-15(18(26)27-2)16(23-19(24)29)22-17(25)11-6-7-28-9-11/h4-5,8,11,14H,3,6-7,9H2,1-2H3,(H,22,25)(H,23,29). The summed E-state index contributed by atoms with van der Waals surface area (Å²) in [6.07, 6.45) is 1.24. The number of carbonyl (C=O) groups is 2. The Labute approximate surface area is 183 Å². The molecule has 2 aromatic rings. The fourth-order valence-electron chi connectivity index (χ4n) is 3.39. The Morgan fingerprint density at radius 2 is 2.17 bits per heavy atom. The van der Waals surface area contributed by atoms with Gasteiger partial charge in [-0.25, -0.2) is 4.79 Å². The Hall–Kier alpha value is -1.87. The van der Waals surface area contributed by atoms with Crippen molar-refractivity contribution in [1.29, 1.82) is 0 Å². The first-order chi connectivity index (χ1) is 13.9. The third-order valence-corrected chi connectivity index (χ3v) is 5.92. The first-order valence-corrected chi connectivity index (χ1v) is 10.3. The number of ether oxygens (including phenoxy) is 2. The molecule has 2 unspecified atom stereocenters. The van der Waals surface area contributed by atoms with Gasteiger partial charge < -0.3 is 24.3 Å². The molecule has 1 aromatic heterocycles. The van der Waals surface area contributed by atoms with Gasteiger partial charge in [-0.15, -0.1) is 0 Å². The number of nitrogens with zero attached hydrogens (tertiary/aromatic N) is 1. The third-order valence-electron chi connectivity index (χ3n) is 4.88. The maximum Gasteiger partial charge on any atom is 0.358 e. The van der Waals surface area contributed by atoms with Crippen LogP contribution in [0.3, 0.4) is 0 Å². The van der Waals surface area contributed by atoms with Crippen molar-refractivity contribution >= 4 is 53.1 Å². The minimum absolute atomic E-state index is 0.141. The summed E-state index contributed by atoms with van der Waals surface area (Å²) in [5, 5.41) is 3.60. The maximum absolute atomic E-state index is 12.6. The molecule has 2 atom stereocenters. The lowest BCUT2D eigenvalue weighted by Crippen LogP contribution is -2.25. The van der Waals surface area contributed by atoms with Gasteiger partial charge in [-0.05, 0) is 42.8 Å². The summed E-state index contributed by atoms with van der Waals surface area (Å²) in [6, 6.07) is 4.94. The highest BCUT2D eigenvalue weighted by atomic mass is 35.5. The number of methoxy groups -OCH3 is 1. The summed E-state index contributed by atoms with van der Waals surface area (Å²) >= 11 is 17.7. The van der Waals surface area contributed by atoms with Crippen LogP contribution in [0.25, 0.3) is 0 Å². The minimum Gasteiger partial charge on any atom is -0.464 e. The Balaban J connectivity index is 2.05. The number of anilines is 1. The number of rotatable bonds is 6. The van der Waals surface area contributed by atoms with Gasteiger partial charge in [0, 0.05) is 6.61 Å². The molecule has 0 aliphatic carbocycles. The van der Waals surface area contributed by atoms with E-state index in [4.69, 9.17) is 44.9 Å². The van der Waals surface area contributed by atoms with E-state index in [2.05, 4.69) is 10.3 Å². The van der Waals surface area contributed by atoms with Crippen LogP contribution >= 0.6 is 35.4 Å². The maximum atomic E-state index is 12.6. The van der Waals surface area contributed by atoms with Crippen LogP contribution in [0, 0.1) is 10.7 Å². The predicted molar refractivity (Wildman–Crippen MR) is 113 cm³/mol. The molecule has 2 N–H and O–H groups in total. The molecule has 1 amide bonds. The third kappa shape index (κ3) is 4.50. The number of carbonyl (C=O) groups excluding carboxylic acids is 2. The number of H-pyrrole nitrogens is 1. The van der Waals surface area contributed by atoms with Crippen molar-refractivity contribution in [1.82, 2.24) is 9.55 Å². The Morgan fingerprint density at radius 1 is 1.41 bits per heavy atom. The van der Waals surface area contributed by atoms with Gasteiger partial charge in [0.15, 0.2) is 10.5 Å². The van der Waals surface area contributed by atoms with Crippen molar-refractivity contribution in [3.63, 3.8) is 0 Å². The summed E-state index contributed by atoms with van der Waals surface area (Å²) in [7, 11) is 1.28. The fraction of sp³-hybridized carbons (Fsp3) is 0.421. The van der Waals surface area contributed by atoms with Crippen molar-refractivity contribution in [3.05, 3.63) is 44.3 Å². The van der Waals surface area contributed by atoms with E-state index in [9.17, 15) is 9.59 Å². The summed E-state index contributed by atoms with van der Waals surface area (Å²) in [5.74, 6) is -0.924. The van der Waals surface area contributed by atoms with Crippen molar-refractivity contribution < 1.29 is 19.1 Å². The van der Waals surface area contributed by atoms with Gasteiger partial charge in [0.25, 0.3) is 0 Å². The largest absolute Gasteiger partial charge is 0.464 e. The van der Waals surface area contributed by atoms with E-state index in [0.29, 0.717) is 36.1 Å². The van der Waals surface area contributed by atoms with Gasteiger partial charge in [-0.3, -0.25) is 4.79 Å². The highest BCUT2D eigenvalue weighted by Gasteiger charge is 2.29. The van der Waals surface area contributed by atoms with Crippen molar-refractivity contribution in [3.8, 4) is 0 Å². The second-order valence-electron chi connectivity index (χ2n) is 6.66. The SMILES string of the molecule is CCC(c1ccc(Cl)c(Cl)c1)n1c(C(=O)OC)c(NC(=O)C2CCOC2)[nH]c1=S. The molecule has 7 nitrogen and oxygen atoms in total. The van der Waals surface area contributed by atoms with Crippen LogP contribution in [0.5, 0.6) is 0 Å². The molecular weight excluding hydrogens is 437 g/mol. The lowest BCUT2D eigenvalue weighted by Gasteiger charge is -2.20. The Kier molecular flexibility index (Phi) is 7.00. The van der Waals surface area contributed by atoms with Gasteiger partial charge in [-0.1, -0.05) is 36.2 Å². The van der Waals surface area contributed by atoms with Crippen LogP contribution < -0.4 is 5.32 Å². The number of hydrogen-bond donors (Lipinski definition) is 2. The molecule has 1 saturated heterocycles. The molecule has 29 heavy (non-hydrogen) atoms. The molecule has 0 bridgehead atoms. The average Bonchev–Trinajstić information content (AvgIpc) is 3.34. The molecule has 156 valence electrons. The normalized spacial score (nSPS) is 17.2. The van der Waals surface area contributed by atoms with Crippen molar-refractivity contribution in [2.45, 2.75) is 25.8 Å². The molecule has 0 saturated carbocycles. The molecule has 10 heteroatoms. The van der Waals surface area contributed by atoms with Crippen LogP contribution in [-0.4, -0.2) is 41.8 Å². The lowest BCUT2D eigenvalue weighted by molar-refractivity contribution is -0.119. The molecular formula is C19H21Cl2N3O4S. The first-order valence-electron chi connectivity index (χ1n) is 9.13. The van der Waals surface area contributed by atoms with E-state index in [-0.39, 0.29) is 34.1 Å². The number of nitrogens with one attached hydrogen (secondary N) is 2. The number of esters is 1. The molecule has 3 rings (SSSR count). The van der Waals surface area contributed by atoms with E-state index >= 15 is 0 Å². The second kappa shape index (κ2) is 9.30. The second-order valence-corrected chi connectivity index (χ2v) is 7.86. The highest BCUT2D eigenvalue weighted by Crippen LogP contribution is 2.32. The zero-order valence-corrected chi connectivity index (χ0v) is 18.3. The summed E-state index contributed by atoms with van der Waals surface area (Å²) in [6.45, 7) is 2.84. The van der Waals surface area contributed by atoms with E-state index in [0.717, 1.165) is 5.56 Å². The highest BCUT2D eigenvalue weighted by molar-refractivity contribution is 7.71. The van der Waals surface area contributed by atoms with Gasteiger partial charge in [0.1, 0.15) is 5.82 Å². The number of imidazole rings is 1. The van der Waals surface area contributed by atoms with E-state index < -0.39 is 5.97 Å².